The fourth-order valence-corrected chi connectivity index (χ4v) is 4.39. The molecule has 32 heavy (non-hydrogen) atoms. The molecule has 4 amide bonds. The summed E-state index contributed by atoms with van der Waals surface area (Å²) in [7, 11) is 0. The molecule has 10 heteroatoms. The van der Waals surface area contributed by atoms with E-state index in [1.54, 1.807) is 4.90 Å². The number of benzene rings is 1. The first-order valence-corrected chi connectivity index (χ1v) is 10.8. The minimum absolute atomic E-state index is 0.0344. The van der Waals surface area contributed by atoms with E-state index in [9.17, 15) is 19.2 Å². The van der Waals surface area contributed by atoms with Gasteiger partial charge in [0.15, 0.2) is 0 Å². The molecule has 1 spiro atoms. The molecule has 0 aliphatic carbocycles. The van der Waals surface area contributed by atoms with Crippen molar-refractivity contribution in [3.63, 3.8) is 0 Å². The Hall–Kier alpha value is -3.43. The third kappa shape index (κ3) is 4.17. The molecule has 1 aromatic carbocycles. The zero-order valence-electron chi connectivity index (χ0n) is 18.0. The van der Waals surface area contributed by atoms with Crippen LogP contribution in [-0.2, 0) is 20.8 Å². The summed E-state index contributed by atoms with van der Waals surface area (Å²) in [4.78, 5) is 56.0. The van der Waals surface area contributed by atoms with Crippen LogP contribution in [0.3, 0.4) is 0 Å². The molecule has 1 unspecified atom stereocenters. The molecule has 4 rings (SSSR count). The summed E-state index contributed by atoms with van der Waals surface area (Å²) < 4.78 is 0. The lowest BCUT2D eigenvalue weighted by Gasteiger charge is -2.37. The minimum Gasteiger partial charge on any atom is -0.481 e. The molecule has 0 radical (unpaired) electrons. The second-order valence-corrected chi connectivity index (χ2v) is 8.59. The second kappa shape index (κ2) is 8.60. The number of fused-ring (bicyclic) bond motifs is 1. The number of hydrogen-bond acceptors (Lipinski definition) is 5. The first-order chi connectivity index (χ1) is 15.3. The topological polar surface area (TPSA) is 131 Å². The molecule has 0 bridgehead atoms. The number of urea groups is 1. The zero-order chi connectivity index (χ0) is 22.9. The van der Waals surface area contributed by atoms with Gasteiger partial charge in [0.05, 0.1) is 5.92 Å². The number of amides is 4. The Morgan fingerprint density at radius 3 is 2.62 bits per heavy atom. The summed E-state index contributed by atoms with van der Waals surface area (Å²) in [5.74, 6) is -1.49. The number of carbonyl (C=O) groups is 4. The summed E-state index contributed by atoms with van der Waals surface area (Å²) in [5.41, 5.74) is 1.19. The zero-order valence-corrected chi connectivity index (χ0v) is 18.0. The van der Waals surface area contributed by atoms with Crippen molar-refractivity contribution in [2.45, 2.75) is 38.1 Å². The Morgan fingerprint density at radius 1 is 1.22 bits per heavy atom. The lowest BCUT2D eigenvalue weighted by molar-refractivity contribution is -0.143. The number of anilines is 1. The molecule has 0 aromatic heterocycles. The van der Waals surface area contributed by atoms with Crippen LogP contribution in [0, 0.1) is 5.92 Å². The lowest BCUT2D eigenvalue weighted by Crippen LogP contribution is -2.56. The third-order valence-corrected chi connectivity index (χ3v) is 6.38. The number of aliphatic imine (C=N–C) groups is 1. The Morgan fingerprint density at radius 2 is 1.94 bits per heavy atom. The van der Waals surface area contributed by atoms with Crippen molar-refractivity contribution >= 4 is 35.3 Å². The molecule has 1 aromatic rings. The van der Waals surface area contributed by atoms with Gasteiger partial charge in [-0.1, -0.05) is 25.1 Å². The van der Waals surface area contributed by atoms with E-state index in [-0.39, 0.29) is 18.9 Å². The number of para-hydroxylation sites is 1. The van der Waals surface area contributed by atoms with Gasteiger partial charge in [0.25, 0.3) is 5.91 Å². The van der Waals surface area contributed by atoms with E-state index >= 15 is 0 Å². The number of rotatable bonds is 6. The normalized spacial score (nSPS) is 21.5. The Kier molecular flexibility index (Phi) is 5.86. The molecule has 3 aliphatic heterocycles. The van der Waals surface area contributed by atoms with Crippen molar-refractivity contribution in [3.05, 3.63) is 29.8 Å². The summed E-state index contributed by atoms with van der Waals surface area (Å²) in [5, 5.41) is 15.1. The number of piperidine rings is 1. The Bertz CT molecular complexity index is 956. The number of carboxylic acid groups (broad SMARTS) is 1. The van der Waals surface area contributed by atoms with Gasteiger partial charge < -0.3 is 20.6 Å². The van der Waals surface area contributed by atoms with E-state index in [1.807, 2.05) is 24.3 Å². The van der Waals surface area contributed by atoms with Crippen molar-refractivity contribution in [2.75, 3.05) is 31.5 Å². The molecule has 3 N–H and O–H groups in total. The summed E-state index contributed by atoms with van der Waals surface area (Å²) in [6.45, 7) is 2.38. The van der Waals surface area contributed by atoms with Crippen molar-refractivity contribution < 1.29 is 24.3 Å². The van der Waals surface area contributed by atoms with Crippen molar-refractivity contribution in [1.82, 2.24) is 15.1 Å². The van der Waals surface area contributed by atoms with Crippen LogP contribution in [0.1, 0.15) is 31.7 Å². The highest BCUT2D eigenvalue weighted by Crippen LogP contribution is 2.30. The van der Waals surface area contributed by atoms with Crippen LogP contribution in [0.25, 0.3) is 0 Å². The second-order valence-electron chi connectivity index (χ2n) is 8.59. The molecule has 0 saturated carbocycles. The van der Waals surface area contributed by atoms with Gasteiger partial charge >= 0.3 is 12.0 Å². The summed E-state index contributed by atoms with van der Waals surface area (Å²) in [6, 6.07) is 7.43. The van der Waals surface area contributed by atoms with E-state index in [1.165, 1.54) is 12.5 Å². The maximum absolute atomic E-state index is 12.9. The van der Waals surface area contributed by atoms with Gasteiger partial charge in [-0.3, -0.25) is 24.3 Å². The molecular formula is C22H27N5O5. The van der Waals surface area contributed by atoms with Crippen molar-refractivity contribution in [3.8, 4) is 0 Å². The Balaban J connectivity index is 1.27. The fraction of sp³-hybridized carbons (Fsp3) is 0.500. The highest BCUT2D eigenvalue weighted by Gasteiger charge is 2.53. The summed E-state index contributed by atoms with van der Waals surface area (Å²) >= 11 is 0. The average Bonchev–Trinajstić information content (AvgIpc) is 3.28. The number of likely N-dealkylation sites (tertiary alicyclic amines) is 1. The van der Waals surface area contributed by atoms with Crippen molar-refractivity contribution in [2.24, 2.45) is 10.9 Å². The first kappa shape index (κ1) is 21.8. The molecule has 10 nitrogen and oxygen atoms in total. The minimum atomic E-state index is -1.06. The van der Waals surface area contributed by atoms with Gasteiger partial charge in [-0.15, -0.1) is 0 Å². The average molecular weight is 441 g/mol. The monoisotopic (exact) mass is 441 g/mol. The van der Waals surface area contributed by atoms with Crippen molar-refractivity contribution in [1.29, 1.82) is 0 Å². The highest BCUT2D eigenvalue weighted by atomic mass is 16.4. The maximum atomic E-state index is 12.9. The van der Waals surface area contributed by atoms with E-state index in [0.29, 0.717) is 32.5 Å². The lowest BCUT2D eigenvalue weighted by atomic mass is 9.87. The number of nitrogens with one attached hydrogen (secondary N) is 2. The van der Waals surface area contributed by atoms with Crippen LogP contribution >= 0.6 is 0 Å². The maximum Gasteiger partial charge on any atom is 0.325 e. The number of hydrogen-bond donors (Lipinski definition) is 3. The SMILES string of the molecule is CC(CN1C(=O)NC2(CCN(C(=O)CCN=C3Cc4ccccc4N3)CC2)C1=O)C(=O)O. The van der Waals surface area contributed by atoms with Crippen LogP contribution in [0.2, 0.25) is 0 Å². The Labute approximate surface area is 185 Å². The number of amidine groups is 1. The van der Waals surface area contributed by atoms with E-state index in [0.717, 1.165) is 22.8 Å². The molecule has 3 heterocycles. The largest absolute Gasteiger partial charge is 0.481 e. The number of carbonyl (C=O) groups excluding carboxylic acids is 3. The van der Waals surface area contributed by atoms with Gasteiger partial charge in [-0.05, 0) is 24.5 Å². The van der Waals surface area contributed by atoms with Crippen LogP contribution in [0.5, 0.6) is 0 Å². The summed E-state index contributed by atoms with van der Waals surface area (Å²) in [6.07, 6.45) is 1.63. The molecular weight excluding hydrogens is 414 g/mol. The molecule has 1 atom stereocenters. The van der Waals surface area contributed by atoms with Gasteiger partial charge in [0, 0.05) is 44.7 Å². The predicted molar refractivity (Wildman–Crippen MR) is 116 cm³/mol. The van der Waals surface area contributed by atoms with Gasteiger partial charge in [-0.25, -0.2) is 4.79 Å². The van der Waals surface area contributed by atoms with Crippen LogP contribution in [0.15, 0.2) is 29.3 Å². The van der Waals surface area contributed by atoms with Gasteiger partial charge in [0.1, 0.15) is 11.4 Å². The van der Waals surface area contributed by atoms with E-state index < -0.39 is 29.4 Å². The van der Waals surface area contributed by atoms with E-state index in [2.05, 4.69) is 15.6 Å². The van der Waals surface area contributed by atoms with Crippen LogP contribution in [-0.4, -0.2) is 76.3 Å². The predicted octanol–water partition coefficient (Wildman–Crippen LogP) is 1.08. The number of imide groups is 1. The van der Waals surface area contributed by atoms with Gasteiger partial charge in [-0.2, -0.15) is 0 Å². The fourth-order valence-electron chi connectivity index (χ4n) is 4.39. The van der Waals surface area contributed by atoms with Gasteiger partial charge in [0.2, 0.25) is 5.91 Å². The van der Waals surface area contributed by atoms with Crippen LogP contribution < -0.4 is 10.6 Å². The molecule has 2 fully saturated rings. The number of nitrogens with zero attached hydrogens (tertiary/aromatic N) is 3. The first-order valence-electron chi connectivity index (χ1n) is 10.8. The third-order valence-electron chi connectivity index (χ3n) is 6.38. The standard InChI is InChI=1S/C22H27N5O5/c1-14(19(29)30)13-27-20(31)22(25-21(27)32)7-10-26(11-8-22)18(28)6-9-23-17-12-15-4-2-3-5-16(15)24-17/h2-5,14H,6-13H2,1H3,(H,23,24)(H,25,32)(H,29,30). The number of aliphatic carboxylic acids is 1. The molecule has 170 valence electrons. The van der Waals surface area contributed by atoms with Crippen LogP contribution in [0.4, 0.5) is 10.5 Å². The molecule has 2 saturated heterocycles. The number of carboxylic acids is 1. The van der Waals surface area contributed by atoms with E-state index in [4.69, 9.17) is 5.11 Å². The smallest absolute Gasteiger partial charge is 0.325 e. The quantitative estimate of drug-likeness (QED) is 0.566. The molecule has 3 aliphatic rings. The highest BCUT2D eigenvalue weighted by molar-refractivity contribution is 6.07.